The number of nitriles is 1. The largest absolute Gasteiger partial charge is 0.484 e. The Morgan fingerprint density at radius 2 is 1.43 bits per heavy atom. The van der Waals surface area contributed by atoms with Crippen molar-refractivity contribution in [3.8, 4) is 22.9 Å². The third-order valence-electron chi connectivity index (χ3n) is 11.9. The number of anilines is 2. The van der Waals surface area contributed by atoms with E-state index in [1.54, 1.807) is 42.8 Å². The van der Waals surface area contributed by atoms with Crippen molar-refractivity contribution in [1.82, 2.24) is 20.9 Å². The van der Waals surface area contributed by atoms with Crippen LogP contribution in [0.2, 0.25) is 5.02 Å². The molecule has 19 heteroatoms. The molecule has 0 spiro atoms. The first-order valence-electron chi connectivity index (χ1n) is 25.1. The van der Waals surface area contributed by atoms with E-state index >= 15 is 0 Å². The number of fused-ring (bicyclic) bond motifs is 1. The van der Waals surface area contributed by atoms with Crippen LogP contribution >= 0.6 is 22.9 Å². The van der Waals surface area contributed by atoms with Gasteiger partial charge in [-0.15, -0.1) is 11.3 Å². The predicted molar refractivity (Wildman–Crippen MR) is 290 cm³/mol. The highest BCUT2D eigenvalue weighted by Gasteiger charge is 2.33. The van der Waals surface area contributed by atoms with Gasteiger partial charge in [-0.2, -0.15) is 5.26 Å². The molecule has 4 aromatic carbocycles. The average molecular weight is 1060 g/mol. The van der Waals surface area contributed by atoms with Crippen molar-refractivity contribution in [2.45, 2.75) is 58.2 Å². The van der Waals surface area contributed by atoms with Crippen LogP contribution in [0.3, 0.4) is 0 Å². The van der Waals surface area contributed by atoms with Crippen LogP contribution in [0, 0.1) is 11.3 Å². The van der Waals surface area contributed by atoms with Gasteiger partial charge in [0.2, 0.25) is 5.91 Å². The molecule has 0 aliphatic carbocycles. The summed E-state index contributed by atoms with van der Waals surface area (Å²) in [6, 6.07) is 30.0. The predicted octanol–water partition coefficient (Wildman–Crippen LogP) is 8.33. The third-order valence-corrected chi connectivity index (χ3v) is 12.9. The van der Waals surface area contributed by atoms with Crippen LogP contribution in [0.25, 0.3) is 17.2 Å². The summed E-state index contributed by atoms with van der Waals surface area (Å²) < 4.78 is 33.4. The molecule has 2 heterocycles. The first-order valence-corrected chi connectivity index (χ1v) is 26.3. The number of carbonyl (C=O) groups is 4. The van der Waals surface area contributed by atoms with Crippen LogP contribution in [0.4, 0.5) is 11.4 Å². The average Bonchev–Trinajstić information content (AvgIpc) is 3.94. The highest BCUT2D eigenvalue weighted by Crippen LogP contribution is 2.41. The Labute approximate surface area is 447 Å². The summed E-state index contributed by atoms with van der Waals surface area (Å²) in [4.78, 5) is 56.7. The van der Waals surface area contributed by atoms with Gasteiger partial charge in [0.05, 0.1) is 78.2 Å². The highest BCUT2D eigenvalue weighted by molar-refractivity contribution is 7.10. The number of halogens is 1. The van der Waals surface area contributed by atoms with Crippen molar-refractivity contribution in [1.29, 1.82) is 5.26 Å². The molecule has 3 atom stereocenters. The fourth-order valence-electron chi connectivity index (χ4n) is 8.23. The molecule has 4 amide bonds. The molecule has 0 radical (unpaired) electrons. The van der Waals surface area contributed by atoms with Gasteiger partial charge in [-0.05, 0) is 109 Å². The van der Waals surface area contributed by atoms with Gasteiger partial charge in [-0.25, -0.2) is 4.98 Å². The van der Waals surface area contributed by atoms with Gasteiger partial charge >= 0.3 is 0 Å². The van der Waals surface area contributed by atoms with Gasteiger partial charge in [-0.3, -0.25) is 19.2 Å². The Kier molecular flexibility index (Phi) is 24.0. The number of amides is 4. The fraction of sp³-hybridized carbons (Fsp3) is 0.393. The number of benzene rings is 4. The molecule has 17 nitrogen and oxygen atoms in total. The molecule has 3 unspecified atom stereocenters. The number of nitrogens with zero attached hydrogens (tertiary/aromatic N) is 3. The second kappa shape index (κ2) is 31.3. The van der Waals surface area contributed by atoms with Crippen molar-refractivity contribution < 1.29 is 47.6 Å². The monoisotopic (exact) mass is 1060 g/mol. The number of thiazole rings is 1. The number of hydrogen-bond donors (Lipinski definition) is 4. The van der Waals surface area contributed by atoms with Crippen LogP contribution in [0.15, 0.2) is 108 Å². The molecule has 0 bridgehead atoms. The molecule has 1 aliphatic rings. The summed E-state index contributed by atoms with van der Waals surface area (Å²) >= 11 is 7.47. The fourth-order valence-corrected chi connectivity index (χ4v) is 8.92. The van der Waals surface area contributed by atoms with Gasteiger partial charge in [0.1, 0.15) is 22.4 Å². The van der Waals surface area contributed by atoms with Gasteiger partial charge < -0.3 is 54.6 Å². The van der Waals surface area contributed by atoms with E-state index in [-0.39, 0.29) is 48.0 Å². The van der Waals surface area contributed by atoms with E-state index in [2.05, 4.69) is 39.2 Å². The summed E-state index contributed by atoms with van der Waals surface area (Å²) in [5.74, 6) is -0.441. The summed E-state index contributed by atoms with van der Waals surface area (Å²) in [7, 11) is 0. The van der Waals surface area contributed by atoms with Gasteiger partial charge in [0.25, 0.3) is 17.7 Å². The van der Waals surface area contributed by atoms with Crippen molar-refractivity contribution in [3.63, 3.8) is 0 Å². The number of hydrogen-bond acceptors (Lipinski definition) is 14. The lowest BCUT2D eigenvalue weighted by Gasteiger charge is -2.39. The second-order valence-corrected chi connectivity index (χ2v) is 18.8. The maximum Gasteiger partial charge on any atom is 0.262 e. The summed E-state index contributed by atoms with van der Waals surface area (Å²) in [6.45, 7) is 9.99. The molecule has 1 aliphatic heterocycles. The van der Waals surface area contributed by atoms with E-state index in [1.807, 2.05) is 78.6 Å². The van der Waals surface area contributed by atoms with Crippen molar-refractivity contribution in [2.75, 3.05) is 96.0 Å². The van der Waals surface area contributed by atoms with E-state index in [1.165, 1.54) is 17.4 Å². The topological polar surface area (TPSA) is 212 Å². The Morgan fingerprint density at radius 3 is 2.01 bits per heavy atom. The molecule has 5 aromatic rings. The number of aromatic nitrogens is 1. The summed E-state index contributed by atoms with van der Waals surface area (Å²) in [5, 5.41) is 24.8. The van der Waals surface area contributed by atoms with E-state index in [9.17, 15) is 24.4 Å². The molecule has 398 valence electrons. The quantitative estimate of drug-likeness (QED) is 0.0187. The molecule has 0 saturated carbocycles. The zero-order valence-corrected chi connectivity index (χ0v) is 44.2. The normalized spacial score (nSPS) is 14.5. The second-order valence-electron chi connectivity index (χ2n) is 17.4. The van der Waals surface area contributed by atoms with E-state index in [4.69, 9.17) is 40.0 Å². The molecular weight excluding hydrogens is 998 g/mol. The molecule has 75 heavy (non-hydrogen) atoms. The minimum atomic E-state index is -0.466. The van der Waals surface area contributed by atoms with E-state index in [0.717, 1.165) is 46.5 Å². The van der Waals surface area contributed by atoms with Gasteiger partial charge in [0.15, 0.2) is 6.61 Å². The Balaban J connectivity index is 0.738. The lowest BCUT2D eigenvalue weighted by atomic mass is 9.88. The van der Waals surface area contributed by atoms with Gasteiger partial charge in [0, 0.05) is 59.6 Å². The standard InChI is InChI=1S/C56H66ClN7O10S/c1-4-5-50(63-56(68)45(37-58)36-54-60-22-33-75-54)42-10-17-48(18-11-42)74-38-53(66)59-20-23-69-25-27-71-29-31-73-32-30-72-28-26-70-24-21-61-55(67)43-8-6-41(7-9-43)44-12-19-52-49(35-44)51(34-39(2)64(52)40(3)65)62-47-15-13-46(57)14-16-47/h6-19,22,33,35-36,39,50-51,62H,4-5,20-21,23-32,34,38H2,1-3H3,(H,59,66)(H,61,67)(H,63,68)/b45-36+. The third kappa shape index (κ3) is 18.9. The molecule has 0 fully saturated rings. The summed E-state index contributed by atoms with van der Waals surface area (Å²) in [6.07, 6.45) is 5.32. The molecule has 4 N–H and O–H groups in total. The Morgan fingerprint density at radius 1 is 0.813 bits per heavy atom. The van der Waals surface area contributed by atoms with Crippen LogP contribution in [0.5, 0.6) is 5.75 Å². The van der Waals surface area contributed by atoms with Crippen molar-refractivity contribution in [2.24, 2.45) is 0 Å². The maximum absolute atomic E-state index is 12.9. The zero-order chi connectivity index (χ0) is 53.2. The molecule has 1 aromatic heterocycles. The smallest absolute Gasteiger partial charge is 0.262 e. The van der Waals surface area contributed by atoms with Crippen LogP contribution in [-0.2, 0) is 38.1 Å². The minimum Gasteiger partial charge on any atom is -0.484 e. The minimum absolute atomic E-state index is 0.00122. The van der Waals surface area contributed by atoms with E-state index < -0.39 is 5.91 Å². The van der Waals surface area contributed by atoms with Crippen molar-refractivity contribution in [3.05, 3.63) is 135 Å². The number of rotatable bonds is 31. The van der Waals surface area contributed by atoms with Crippen LogP contribution in [0.1, 0.15) is 78.6 Å². The maximum atomic E-state index is 12.9. The first-order chi connectivity index (χ1) is 36.5. The zero-order valence-electron chi connectivity index (χ0n) is 42.6. The highest BCUT2D eigenvalue weighted by atomic mass is 35.5. The Bertz CT molecular complexity index is 2650. The number of ether oxygens (including phenoxy) is 6. The number of carbonyl (C=O) groups excluding carboxylic acids is 4. The molecule has 6 rings (SSSR count). The molecule has 0 saturated heterocycles. The Hall–Kier alpha value is -6.69. The lowest BCUT2D eigenvalue weighted by Crippen LogP contribution is -2.43. The van der Waals surface area contributed by atoms with Crippen LogP contribution in [-0.4, -0.2) is 120 Å². The number of nitrogens with one attached hydrogen (secondary N) is 4. The first kappa shape index (κ1) is 57.6. The van der Waals surface area contributed by atoms with Gasteiger partial charge in [-0.1, -0.05) is 55.3 Å². The molecular formula is C56H66ClN7O10S. The van der Waals surface area contributed by atoms with Crippen molar-refractivity contribution >= 4 is 64.0 Å². The SMILES string of the molecule is CCCC(NC(=O)/C(C#N)=C/c1nccs1)c1ccc(OCC(=O)NCCOCCOCCOCCOCCOCCNC(=O)c2ccc(-c3ccc4c(c3)C(Nc3ccc(Cl)cc3)CC(C)N4C(C)=O)cc2)cc1. The summed E-state index contributed by atoms with van der Waals surface area (Å²) in [5.41, 5.74) is 6.18. The van der Waals surface area contributed by atoms with E-state index in [0.29, 0.717) is 107 Å². The lowest BCUT2D eigenvalue weighted by molar-refractivity contribution is -0.123. The van der Waals surface area contributed by atoms with Crippen LogP contribution < -0.4 is 30.9 Å².